The number of fused-ring (bicyclic) bond motifs is 1. The van der Waals surface area contributed by atoms with E-state index in [1.165, 1.54) is 23.0 Å². The third kappa shape index (κ3) is 2.85. The van der Waals surface area contributed by atoms with Gasteiger partial charge in [-0.1, -0.05) is 30.3 Å². The molecule has 0 amide bonds. The van der Waals surface area contributed by atoms with Crippen molar-refractivity contribution in [3.8, 4) is 0 Å². The van der Waals surface area contributed by atoms with E-state index in [0.29, 0.717) is 0 Å². The average molecular weight is 518 g/mol. The predicted octanol–water partition coefficient (Wildman–Crippen LogP) is 1.17. The summed E-state index contributed by atoms with van der Waals surface area (Å²) < 4.78 is 3.20. The van der Waals surface area contributed by atoms with Crippen molar-refractivity contribution in [1.29, 1.82) is 0 Å². The van der Waals surface area contributed by atoms with Gasteiger partial charge in [-0.25, -0.2) is 9.79 Å². The number of benzene rings is 1. The van der Waals surface area contributed by atoms with Gasteiger partial charge in [0, 0.05) is 27.2 Å². The molecule has 1 aliphatic rings. The highest BCUT2D eigenvalue weighted by Gasteiger charge is 2.60. The van der Waals surface area contributed by atoms with Crippen LogP contribution in [0.2, 0.25) is 0 Å². The molecule has 2 aromatic heterocycles. The van der Waals surface area contributed by atoms with Crippen molar-refractivity contribution in [2.45, 2.75) is 5.54 Å². The van der Waals surface area contributed by atoms with Crippen molar-refractivity contribution in [2.75, 3.05) is 18.4 Å². The number of halogens is 1. The van der Waals surface area contributed by atoms with Gasteiger partial charge in [-0.05, 0) is 32.9 Å². The first-order chi connectivity index (χ1) is 15.2. The van der Waals surface area contributed by atoms with Crippen LogP contribution in [0.25, 0.3) is 0 Å². The van der Waals surface area contributed by atoms with Gasteiger partial charge < -0.3 is 22.5 Å². The maximum Gasteiger partial charge on any atom is 0.332 e. The molecular formula is C21H24BrN7O2S. The summed E-state index contributed by atoms with van der Waals surface area (Å²) in [7, 11) is 3.00. The lowest BCUT2D eigenvalue weighted by molar-refractivity contribution is 0.278. The summed E-state index contributed by atoms with van der Waals surface area (Å²) in [5.41, 5.74) is 16.8. The normalized spacial score (nSPS) is 19.3. The number of anilines is 1. The molecule has 0 fully saturated rings. The molecule has 0 aliphatic carbocycles. The molecule has 168 valence electrons. The van der Waals surface area contributed by atoms with Crippen LogP contribution < -0.4 is 33.8 Å². The van der Waals surface area contributed by atoms with Gasteiger partial charge in [0.25, 0.3) is 5.56 Å². The molecule has 11 heteroatoms. The van der Waals surface area contributed by atoms with Gasteiger partial charge in [0.05, 0.1) is 15.5 Å². The Hall–Kier alpha value is -2.73. The van der Waals surface area contributed by atoms with Crippen molar-refractivity contribution in [3.05, 3.63) is 78.2 Å². The monoisotopic (exact) mass is 517 g/mol. The summed E-state index contributed by atoms with van der Waals surface area (Å²) in [6, 6.07) is 11.3. The van der Waals surface area contributed by atoms with E-state index >= 15 is 0 Å². The van der Waals surface area contributed by atoms with Crippen LogP contribution in [-0.4, -0.2) is 28.1 Å². The summed E-state index contributed by atoms with van der Waals surface area (Å²) in [6.45, 7) is 0.0182. The van der Waals surface area contributed by atoms with Gasteiger partial charge in [-0.15, -0.1) is 11.3 Å². The van der Waals surface area contributed by atoms with E-state index in [1.807, 2.05) is 41.8 Å². The molecule has 1 unspecified atom stereocenters. The number of amidine groups is 1. The highest BCUT2D eigenvalue weighted by molar-refractivity contribution is 9.10. The van der Waals surface area contributed by atoms with Crippen molar-refractivity contribution >= 4 is 43.9 Å². The summed E-state index contributed by atoms with van der Waals surface area (Å²) in [5.74, 6) is 0.333. The molecule has 32 heavy (non-hydrogen) atoms. The van der Waals surface area contributed by atoms with Crippen molar-refractivity contribution in [3.63, 3.8) is 0 Å². The Morgan fingerprint density at radius 3 is 2.31 bits per heavy atom. The Balaban J connectivity index is 2.27. The first-order valence-electron chi connectivity index (χ1n) is 9.87. The summed E-state index contributed by atoms with van der Waals surface area (Å²) in [4.78, 5) is 31.0. The molecule has 0 spiro atoms. The van der Waals surface area contributed by atoms with Crippen LogP contribution in [0.5, 0.6) is 0 Å². The fourth-order valence-corrected chi connectivity index (χ4v) is 5.88. The topological polar surface area (TPSA) is 146 Å². The number of rotatable bonds is 5. The maximum atomic E-state index is 13.7. The van der Waals surface area contributed by atoms with Crippen LogP contribution >= 0.6 is 27.3 Å². The zero-order valence-corrected chi connectivity index (χ0v) is 20.0. The molecule has 1 aliphatic heterocycles. The quantitative estimate of drug-likeness (QED) is 0.399. The number of aromatic nitrogens is 2. The van der Waals surface area contributed by atoms with Gasteiger partial charge >= 0.3 is 5.69 Å². The van der Waals surface area contributed by atoms with Gasteiger partial charge in [0.1, 0.15) is 22.2 Å². The second-order valence-electron chi connectivity index (χ2n) is 7.73. The Kier molecular flexibility index (Phi) is 5.61. The summed E-state index contributed by atoms with van der Waals surface area (Å²) >= 11 is 5.02. The Labute approximate surface area is 196 Å². The average Bonchev–Trinajstić information content (AvgIpc) is 3.21. The minimum Gasteiger partial charge on any atom is -0.386 e. The molecule has 0 saturated carbocycles. The minimum atomic E-state index is -1.30. The first kappa shape index (κ1) is 22.5. The Bertz CT molecular complexity index is 1320. The number of hydrogen-bond acceptors (Lipinski definition) is 8. The maximum absolute atomic E-state index is 13.7. The highest BCUT2D eigenvalue weighted by atomic mass is 79.9. The second kappa shape index (κ2) is 8.00. The molecule has 9 nitrogen and oxygen atoms in total. The number of thiophene rings is 1. The van der Waals surface area contributed by atoms with Gasteiger partial charge in [0.2, 0.25) is 0 Å². The summed E-state index contributed by atoms with van der Waals surface area (Å²) in [5, 5.41) is 6.25. The van der Waals surface area contributed by atoms with Crippen LogP contribution in [0, 0.1) is 5.41 Å². The van der Waals surface area contributed by atoms with Gasteiger partial charge in [-0.2, -0.15) is 0 Å². The van der Waals surface area contributed by atoms with E-state index in [-0.39, 0.29) is 30.3 Å². The van der Waals surface area contributed by atoms with Crippen LogP contribution in [0.15, 0.2) is 60.8 Å². The zero-order valence-electron chi connectivity index (χ0n) is 17.6. The van der Waals surface area contributed by atoms with Crippen LogP contribution in [0.3, 0.4) is 0 Å². The standard InChI is InChI=1S/C21H24BrN7O2S/c1-28-15-14(17(30)29(2)19(28)31)21(12-6-4-3-5-7-12,27-16-13(22)8-9-32-16)20(10-23,11-24)18(25)26-15/h3-9,27H,10-11,23-24H2,1-2H3,(H2,25,26). The fourth-order valence-electron chi connectivity index (χ4n) is 4.46. The number of aliphatic imine (C=N–C) groups is 1. The third-order valence-corrected chi connectivity index (χ3v) is 8.02. The minimum absolute atomic E-state index is 0.00908. The summed E-state index contributed by atoms with van der Waals surface area (Å²) in [6.07, 6.45) is 0. The zero-order chi connectivity index (χ0) is 23.3. The molecule has 3 heterocycles. The largest absolute Gasteiger partial charge is 0.386 e. The molecule has 0 saturated heterocycles. The van der Waals surface area contributed by atoms with E-state index in [2.05, 4.69) is 26.2 Å². The Morgan fingerprint density at radius 2 is 1.75 bits per heavy atom. The second-order valence-corrected chi connectivity index (χ2v) is 9.50. The van der Waals surface area contributed by atoms with Gasteiger partial charge in [0.15, 0.2) is 0 Å². The van der Waals surface area contributed by atoms with Gasteiger partial charge in [-0.3, -0.25) is 13.9 Å². The number of nitrogens with zero attached hydrogens (tertiary/aromatic N) is 3. The SMILES string of the molecule is Cn1c2c(c(=O)n(C)c1=O)C(Nc1sccc1Br)(c1ccccc1)C(CN)(CN)C(N)=N2. The fraction of sp³-hybridized carbons (Fsp3) is 0.286. The van der Waals surface area contributed by atoms with E-state index in [1.54, 1.807) is 7.05 Å². The van der Waals surface area contributed by atoms with Crippen LogP contribution in [0.4, 0.5) is 10.8 Å². The smallest absolute Gasteiger partial charge is 0.332 e. The van der Waals surface area contributed by atoms with E-state index < -0.39 is 22.2 Å². The molecule has 3 aromatic rings. The van der Waals surface area contributed by atoms with E-state index in [0.717, 1.165) is 19.6 Å². The molecule has 0 radical (unpaired) electrons. The number of nitrogens with two attached hydrogens (primary N) is 3. The lowest BCUT2D eigenvalue weighted by Gasteiger charge is -2.52. The van der Waals surface area contributed by atoms with Crippen molar-refractivity contribution in [2.24, 2.45) is 41.7 Å². The molecular weight excluding hydrogens is 494 g/mol. The molecule has 7 N–H and O–H groups in total. The molecule has 1 atom stereocenters. The number of hydrogen-bond donors (Lipinski definition) is 4. The van der Waals surface area contributed by atoms with Crippen LogP contribution in [-0.2, 0) is 19.6 Å². The van der Waals surface area contributed by atoms with E-state index in [9.17, 15) is 9.59 Å². The lowest BCUT2D eigenvalue weighted by atomic mass is 9.60. The highest BCUT2D eigenvalue weighted by Crippen LogP contribution is 2.52. The van der Waals surface area contributed by atoms with E-state index in [4.69, 9.17) is 17.2 Å². The third-order valence-electron chi connectivity index (χ3n) is 6.27. The number of nitrogens with one attached hydrogen (secondary N) is 1. The van der Waals surface area contributed by atoms with Crippen molar-refractivity contribution in [1.82, 2.24) is 9.13 Å². The lowest BCUT2D eigenvalue weighted by Crippen LogP contribution is -2.68. The predicted molar refractivity (Wildman–Crippen MR) is 132 cm³/mol. The first-order valence-corrected chi connectivity index (χ1v) is 11.5. The molecule has 1 aromatic carbocycles. The van der Waals surface area contributed by atoms with Crippen molar-refractivity contribution < 1.29 is 0 Å². The molecule has 0 bridgehead atoms. The Morgan fingerprint density at radius 1 is 1.09 bits per heavy atom. The van der Waals surface area contributed by atoms with Crippen LogP contribution in [0.1, 0.15) is 11.1 Å². The molecule has 4 rings (SSSR count).